The zero-order valence-corrected chi connectivity index (χ0v) is 15.0. The Morgan fingerprint density at radius 1 is 1.25 bits per heavy atom. The summed E-state index contributed by atoms with van der Waals surface area (Å²) in [6.45, 7) is 4.38. The quantitative estimate of drug-likeness (QED) is 0.782. The van der Waals surface area contributed by atoms with E-state index in [1.54, 1.807) is 23.0 Å². The van der Waals surface area contributed by atoms with E-state index in [2.05, 4.69) is 25.9 Å². The molecule has 0 unspecified atom stereocenters. The van der Waals surface area contributed by atoms with E-state index in [1.807, 2.05) is 17.2 Å². The molecule has 3 rings (SSSR count). The third-order valence-electron chi connectivity index (χ3n) is 4.18. The average Bonchev–Trinajstić information content (AvgIpc) is 2.99. The van der Waals surface area contributed by atoms with E-state index < -0.39 is 0 Å². The van der Waals surface area contributed by atoms with Gasteiger partial charge in [0.05, 0.1) is 10.7 Å². The standard InChI is InChI=1S/C17H20BrFN4O/c18-15-11-20-23(13-15)5-4-17(24)22-8-6-21(7-9-22)12-14-2-1-3-16(19)10-14/h1-3,10-11,13H,4-9,12H2. The van der Waals surface area contributed by atoms with Crippen molar-refractivity contribution < 1.29 is 9.18 Å². The number of hydrogen-bond donors (Lipinski definition) is 0. The van der Waals surface area contributed by atoms with Gasteiger partial charge in [-0.1, -0.05) is 12.1 Å². The fraction of sp³-hybridized carbons (Fsp3) is 0.412. The first-order valence-electron chi connectivity index (χ1n) is 8.03. The van der Waals surface area contributed by atoms with Gasteiger partial charge in [0.1, 0.15) is 5.82 Å². The van der Waals surface area contributed by atoms with Crippen molar-refractivity contribution in [2.75, 3.05) is 26.2 Å². The van der Waals surface area contributed by atoms with Gasteiger partial charge in [-0.3, -0.25) is 14.4 Å². The summed E-state index contributed by atoms with van der Waals surface area (Å²) in [7, 11) is 0. The molecule has 5 nitrogen and oxygen atoms in total. The Balaban J connectivity index is 1.43. The van der Waals surface area contributed by atoms with Crippen LogP contribution in [0, 0.1) is 5.82 Å². The summed E-state index contributed by atoms with van der Waals surface area (Å²) in [6, 6.07) is 6.69. The Morgan fingerprint density at radius 2 is 2.04 bits per heavy atom. The molecule has 24 heavy (non-hydrogen) atoms. The van der Waals surface area contributed by atoms with E-state index in [0.29, 0.717) is 13.0 Å². The van der Waals surface area contributed by atoms with Gasteiger partial charge in [-0.15, -0.1) is 0 Å². The Hall–Kier alpha value is -1.73. The molecule has 1 aliphatic rings. The number of hydrogen-bond acceptors (Lipinski definition) is 3. The number of rotatable bonds is 5. The van der Waals surface area contributed by atoms with Gasteiger partial charge in [0, 0.05) is 51.9 Å². The number of aryl methyl sites for hydroxylation is 1. The lowest BCUT2D eigenvalue weighted by atomic mass is 10.2. The molecule has 0 N–H and O–H groups in total. The van der Waals surface area contributed by atoms with Crippen molar-refractivity contribution in [3.8, 4) is 0 Å². The third kappa shape index (κ3) is 4.64. The van der Waals surface area contributed by atoms with Gasteiger partial charge >= 0.3 is 0 Å². The molecular weight excluding hydrogens is 375 g/mol. The van der Waals surface area contributed by atoms with Crippen LogP contribution in [0.4, 0.5) is 4.39 Å². The summed E-state index contributed by atoms with van der Waals surface area (Å²) < 4.78 is 15.9. The van der Waals surface area contributed by atoms with Crippen molar-refractivity contribution in [3.05, 3.63) is 52.5 Å². The van der Waals surface area contributed by atoms with Gasteiger partial charge in [0.15, 0.2) is 0 Å². The van der Waals surface area contributed by atoms with Gasteiger partial charge in [0.2, 0.25) is 5.91 Å². The van der Waals surface area contributed by atoms with E-state index >= 15 is 0 Å². The highest BCUT2D eigenvalue weighted by atomic mass is 79.9. The van der Waals surface area contributed by atoms with Crippen LogP contribution in [0.1, 0.15) is 12.0 Å². The SMILES string of the molecule is O=C(CCn1cc(Br)cn1)N1CCN(Cc2cccc(F)c2)CC1. The minimum atomic E-state index is -0.202. The van der Waals surface area contributed by atoms with Crippen molar-refractivity contribution >= 4 is 21.8 Å². The van der Waals surface area contributed by atoms with E-state index in [1.165, 1.54) is 6.07 Å². The fourth-order valence-corrected chi connectivity index (χ4v) is 3.21. The Labute approximate surface area is 149 Å². The molecular formula is C17H20BrFN4O. The first-order chi connectivity index (χ1) is 11.6. The van der Waals surface area contributed by atoms with E-state index in [9.17, 15) is 9.18 Å². The second kappa shape index (κ2) is 7.90. The van der Waals surface area contributed by atoms with Gasteiger partial charge in [-0.05, 0) is 33.6 Å². The molecule has 1 aromatic carbocycles. The van der Waals surface area contributed by atoms with Crippen LogP contribution in [-0.4, -0.2) is 51.7 Å². The number of carbonyl (C=O) groups excluding carboxylic acids is 1. The van der Waals surface area contributed by atoms with Crippen molar-refractivity contribution in [3.63, 3.8) is 0 Å². The first-order valence-corrected chi connectivity index (χ1v) is 8.82. The molecule has 2 heterocycles. The molecule has 7 heteroatoms. The van der Waals surface area contributed by atoms with Crippen LogP contribution in [0.5, 0.6) is 0 Å². The topological polar surface area (TPSA) is 41.4 Å². The van der Waals surface area contributed by atoms with Gasteiger partial charge in [-0.2, -0.15) is 5.10 Å². The predicted octanol–water partition coefficient (Wildman–Crippen LogP) is 2.52. The summed E-state index contributed by atoms with van der Waals surface area (Å²) in [5.41, 5.74) is 0.971. The first kappa shape index (κ1) is 17.1. The second-order valence-electron chi connectivity index (χ2n) is 5.96. The Morgan fingerprint density at radius 3 is 2.71 bits per heavy atom. The van der Waals surface area contributed by atoms with Crippen molar-refractivity contribution in [2.45, 2.75) is 19.5 Å². The van der Waals surface area contributed by atoms with Crippen LogP contribution in [0.2, 0.25) is 0 Å². The highest BCUT2D eigenvalue weighted by Crippen LogP contribution is 2.11. The molecule has 2 aromatic rings. The molecule has 0 spiro atoms. The molecule has 0 saturated carbocycles. The number of piperazine rings is 1. The molecule has 1 fully saturated rings. The number of halogens is 2. The maximum atomic E-state index is 13.2. The smallest absolute Gasteiger partial charge is 0.224 e. The molecule has 128 valence electrons. The summed E-state index contributed by atoms with van der Waals surface area (Å²) in [5.74, 6) is -0.0430. The monoisotopic (exact) mass is 394 g/mol. The summed E-state index contributed by atoms with van der Waals surface area (Å²) in [6.07, 6.45) is 4.04. The highest BCUT2D eigenvalue weighted by Gasteiger charge is 2.21. The van der Waals surface area contributed by atoms with Crippen LogP contribution in [0.3, 0.4) is 0 Å². The van der Waals surface area contributed by atoms with Crippen LogP contribution < -0.4 is 0 Å². The highest BCUT2D eigenvalue weighted by molar-refractivity contribution is 9.10. The van der Waals surface area contributed by atoms with E-state index in [0.717, 1.165) is 42.8 Å². The number of aromatic nitrogens is 2. The maximum absolute atomic E-state index is 13.2. The van der Waals surface area contributed by atoms with Crippen molar-refractivity contribution in [2.24, 2.45) is 0 Å². The normalized spacial score (nSPS) is 15.7. The molecule has 1 aliphatic heterocycles. The predicted molar refractivity (Wildman–Crippen MR) is 92.8 cm³/mol. The lowest BCUT2D eigenvalue weighted by molar-refractivity contribution is -0.133. The summed E-state index contributed by atoms with van der Waals surface area (Å²) in [4.78, 5) is 16.4. The Kier molecular flexibility index (Phi) is 5.63. The van der Waals surface area contributed by atoms with Gasteiger partial charge in [0.25, 0.3) is 0 Å². The van der Waals surface area contributed by atoms with E-state index in [4.69, 9.17) is 0 Å². The fourth-order valence-electron chi connectivity index (χ4n) is 2.88. The molecule has 1 aromatic heterocycles. The second-order valence-corrected chi connectivity index (χ2v) is 6.87. The number of nitrogens with zero attached hydrogens (tertiary/aromatic N) is 4. The molecule has 0 aliphatic carbocycles. The van der Waals surface area contributed by atoms with Crippen LogP contribution in [-0.2, 0) is 17.9 Å². The zero-order valence-electron chi connectivity index (χ0n) is 13.4. The molecule has 1 amide bonds. The molecule has 0 radical (unpaired) electrons. The zero-order chi connectivity index (χ0) is 16.9. The Bertz CT molecular complexity index is 697. The molecule has 1 saturated heterocycles. The lowest BCUT2D eigenvalue weighted by Crippen LogP contribution is -2.48. The van der Waals surface area contributed by atoms with Gasteiger partial charge in [-0.25, -0.2) is 4.39 Å². The van der Waals surface area contributed by atoms with Crippen molar-refractivity contribution in [1.29, 1.82) is 0 Å². The number of benzene rings is 1. The van der Waals surface area contributed by atoms with Crippen LogP contribution >= 0.6 is 15.9 Å². The van der Waals surface area contributed by atoms with Gasteiger partial charge < -0.3 is 4.90 Å². The lowest BCUT2D eigenvalue weighted by Gasteiger charge is -2.34. The largest absolute Gasteiger partial charge is 0.340 e. The molecule has 0 atom stereocenters. The number of carbonyl (C=O) groups is 1. The average molecular weight is 395 g/mol. The maximum Gasteiger partial charge on any atom is 0.224 e. The number of amides is 1. The minimum absolute atomic E-state index is 0.159. The van der Waals surface area contributed by atoms with E-state index in [-0.39, 0.29) is 11.7 Å². The summed E-state index contributed by atoms with van der Waals surface area (Å²) in [5, 5.41) is 4.16. The minimum Gasteiger partial charge on any atom is -0.340 e. The van der Waals surface area contributed by atoms with Crippen molar-refractivity contribution in [1.82, 2.24) is 19.6 Å². The molecule has 0 bridgehead atoms. The summed E-state index contributed by atoms with van der Waals surface area (Å²) >= 11 is 3.35. The van der Waals surface area contributed by atoms with Crippen LogP contribution in [0.15, 0.2) is 41.1 Å². The van der Waals surface area contributed by atoms with Crippen LogP contribution in [0.25, 0.3) is 0 Å². The third-order valence-corrected chi connectivity index (χ3v) is 4.59.